The number of carbonyl (C=O) groups is 1. The molecule has 2 heteroatoms. The highest BCUT2D eigenvalue weighted by Crippen LogP contribution is 2.46. The van der Waals surface area contributed by atoms with E-state index in [1.807, 2.05) is 0 Å². The van der Waals surface area contributed by atoms with Crippen LogP contribution in [0.5, 0.6) is 0 Å². The second-order valence-electron chi connectivity index (χ2n) is 3.96. The third-order valence-corrected chi connectivity index (χ3v) is 3.34. The number of hydrogen-bond acceptors (Lipinski definition) is 1. The third kappa shape index (κ3) is 1.15. The summed E-state index contributed by atoms with van der Waals surface area (Å²) in [6.07, 6.45) is 5.82. The summed E-state index contributed by atoms with van der Waals surface area (Å²) in [5.74, 6) is 0.942. The first-order valence-electron chi connectivity index (χ1n) is 4.50. The number of fused-ring (bicyclic) bond motifs is 1. The highest BCUT2D eigenvalue weighted by atomic mass is 16.4. The van der Waals surface area contributed by atoms with Crippen molar-refractivity contribution in [2.24, 2.45) is 17.8 Å². The summed E-state index contributed by atoms with van der Waals surface area (Å²) in [4.78, 5) is 10.6. The second kappa shape index (κ2) is 2.50. The quantitative estimate of drug-likeness (QED) is 0.626. The zero-order valence-electron chi connectivity index (χ0n) is 6.62. The summed E-state index contributed by atoms with van der Waals surface area (Å²) in [6.45, 7) is 0. The first kappa shape index (κ1) is 7.14. The molecule has 0 heterocycles. The maximum Gasteiger partial charge on any atom is 0.306 e. The molecule has 0 aromatic heterocycles. The topological polar surface area (TPSA) is 37.3 Å². The largest absolute Gasteiger partial charge is 0.481 e. The predicted octanol–water partition coefficient (Wildman–Crippen LogP) is 1.90. The van der Waals surface area contributed by atoms with Gasteiger partial charge in [0.25, 0.3) is 0 Å². The van der Waals surface area contributed by atoms with E-state index in [0.717, 1.165) is 24.7 Å². The molecule has 2 rings (SSSR count). The molecule has 0 spiro atoms. The number of carboxylic acids is 1. The molecule has 0 bridgehead atoms. The summed E-state index contributed by atoms with van der Waals surface area (Å²) < 4.78 is 0. The van der Waals surface area contributed by atoms with Gasteiger partial charge in [-0.15, -0.1) is 0 Å². The Hall–Kier alpha value is -0.530. The minimum Gasteiger partial charge on any atom is -0.481 e. The lowest BCUT2D eigenvalue weighted by molar-refractivity contribution is -0.141. The average Bonchev–Trinajstić information content (AvgIpc) is 2.40. The molecule has 11 heavy (non-hydrogen) atoms. The van der Waals surface area contributed by atoms with E-state index < -0.39 is 5.97 Å². The van der Waals surface area contributed by atoms with Gasteiger partial charge in [-0.2, -0.15) is 0 Å². The van der Waals surface area contributed by atoms with Crippen molar-refractivity contribution < 1.29 is 9.90 Å². The maximum absolute atomic E-state index is 10.6. The van der Waals surface area contributed by atoms with Crippen LogP contribution >= 0.6 is 0 Å². The zero-order valence-corrected chi connectivity index (χ0v) is 6.62. The Balaban J connectivity index is 1.99. The Labute approximate surface area is 66.6 Å². The molecule has 2 unspecified atom stereocenters. The van der Waals surface area contributed by atoms with Crippen molar-refractivity contribution in [2.45, 2.75) is 32.1 Å². The van der Waals surface area contributed by atoms with E-state index in [-0.39, 0.29) is 5.92 Å². The number of aliphatic carboxylic acids is 1. The lowest BCUT2D eigenvalue weighted by Gasteiger charge is -2.04. The van der Waals surface area contributed by atoms with Crippen LogP contribution in [0.25, 0.3) is 0 Å². The fraction of sp³-hybridized carbons (Fsp3) is 0.889. The van der Waals surface area contributed by atoms with Gasteiger partial charge >= 0.3 is 5.97 Å². The number of rotatable bonds is 1. The van der Waals surface area contributed by atoms with Crippen LogP contribution < -0.4 is 0 Å². The molecule has 0 aromatic rings. The van der Waals surface area contributed by atoms with Crippen LogP contribution in [0.1, 0.15) is 32.1 Å². The van der Waals surface area contributed by atoms with Crippen LogP contribution in [-0.2, 0) is 4.79 Å². The van der Waals surface area contributed by atoms with Crippen molar-refractivity contribution >= 4 is 5.97 Å². The first-order chi connectivity index (χ1) is 5.27. The molecule has 2 atom stereocenters. The number of hydrogen-bond donors (Lipinski definition) is 1. The number of carboxylic acid groups (broad SMARTS) is 1. The molecule has 1 N–H and O–H groups in total. The van der Waals surface area contributed by atoms with E-state index in [9.17, 15) is 4.79 Å². The zero-order chi connectivity index (χ0) is 7.84. The van der Waals surface area contributed by atoms with Crippen molar-refractivity contribution in [2.75, 3.05) is 0 Å². The first-order valence-corrected chi connectivity index (χ1v) is 4.50. The lowest BCUT2D eigenvalue weighted by atomic mass is 10.0. The molecular weight excluding hydrogens is 140 g/mol. The smallest absolute Gasteiger partial charge is 0.306 e. The summed E-state index contributed by atoms with van der Waals surface area (Å²) in [5.41, 5.74) is 0. The van der Waals surface area contributed by atoms with Crippen molar-refractivity contribution in [3.8, 4) is 0 Å². The van der Waals surface area contributed by atoms with Gasteiger partial charge in [0.05, 0.1) is 5.92 Å². The van der Waals surface area contributed by atoms with Gasteiger partial charge in [0.1, 0.15) is 0 Å². The summed E-state index contributed by atoms with van der Waals surface area (Å²) in [5, 5.41) is 8.77. The van der Waals surface area contributed by atoms with E-state index in [1.165, 1.54) is 19.3 Å². The fourth-order valence-corrected chi connectivity index (χ4v) is 2.76. The Morgan fingerprint density at radius 3 is 2.18 bits per heavy atom. The van der Waals surface area contributed by atoms with E-state index in [0.29, 0.717) is 0 Å². The van der Waals surface area contributed by atoms with Gasteiger partial charge in [0, 0.05) is 0 Å². The Morgan fingerprint density at radius 1 is 1.18 bits per heavy atom. The van der Waals surface area contributed by atoms with Crippen molar-refractivity contribution in [3.05, 3.63) is 0 Å². The Bertz CT molecular complexity index is 164. The molecule has 0 saturated heterocycles. The van der Waals surface area contributed by atoms with E-state index in [4.69, 9.17) is 5.11 Å². The van der Waals surface area contributed by atoms with Crippen LogP contribution in [0.15, 0.2) is 0 Å². The molecule has 2 aliphatic carbocycles. The van der Waals surface area contributed by atoms with Crippen molar-refractivity contribution in [1.29, 1.82) is 0 Å². The van der Waals surface area contributed by atoms with Crippen molar-refractivity contribution in [3.63, 3.8) is 0 Å². The van der Waals surface area contributed by atoms with E-state index in [2.05, 4.69) is 0 Å². The molecule has 2 aliphatic rings. The fourth-order valence-electron chi connectivity index (χ4n) is 2.76. The van der Waals surface area contributed by atoms with Gasteiger partial charge in [-0.25, -0.2) is 0 Å². The second-order valence-corrected chi connectivity index (χ2v) is 3.96. The molecule has 0 aliphatic heterocycles. The van der Waals surface area contributed by atoms with E-state index >= 15 is 0 Å². The van der Waals surface area contributed by atoms with Crippen LogP contribution in [0.3, 0.4) is 0 Å². The predicted molar refractivity (Wildman–Crippen MR) is 41.2 cm³/mol. The van der Waals surface area contributed by atoms with Gasteiger partial charge < -0.3 is 5.11 Å². The van der Waals surface area contributed by atoms with E-state index in [1.54, 1.807) is 0 Å². The summed E-state index contributed by atoms with van der Waals surface area (Å²) in [6, 6.07) is 0. The molecule has 2 nitrogen and oxygen atoms in total. The van der Waals surface area contributed by atoms with Gasteiger partial charge in [-0.3, -0.25) is 4.79 Å². The van der Waals surface area contributed by atoms with Gasteiger partial charge in [0.2, 0.25) is 0 Å². The highest BCUT2D eigenvalue weighted by molar-refractivity contribution is 5.70. The van der Waals surface area contributed by atoms with Crippen LogP contribution in [0, 0.1) is 17.8 Å². The molecule has 2 fully saturated rings. The molecule has 62 valence electrons. The van der Waals surface area contributed by atoms with Crippen molar-refractivity contribution in [1.82, 2.24) is 0 Å². The Kier molecular flexibility index (Phi) is 1.63. The normalized spacial score (nSPS) is 42.4. The average molecular weight is 154 g/mol. The maximum atomic E-state index is 10.6. The van der Waals surface area contributed by atoms with Crippen LogP contribution in [-0.4, -0.2) is 11.1 Å². The summed E-state index contributed by atoms with van der Waals surface area (Å²) >= 11 is 0. The molecule has 0 radical (unpaired) electrons. The van der Waals surface area contributed by atoms with Crippen LogP contribution in [0.2, 0.25) is 0 Å². The van der Waals surface area contributed by atoms with Gasteiger partial charge in [0.15, 0.2) is 0 Å². The summed E-state index contributed by atoms with van der Waals surface area (Å²) in [7, 11) is 0. The van der Waals surface area contributed by atoms with Gasteiger partial charge in [-0.05, 0) is 24.7 Å². The monoisotopic (exact) mass is 154 g/mol. The molecule has 2 saturated carbocycles. The molecular formula is C9H14O2. The highest BCUT2D eigenvalue weighted by Gasteiger charge is 2.39. The lowest BCUT2D eigenvalue weighted by Crippen LogP contribution is -2.09. The standard InChI is InChI=1S/C9H14O2/c10-9(11)8-4-6-2-1-3-7(6)5-8/h6-8H,1-5H2,(H,10,11). The van der Waals surface area contributed by atoms with Crippen LogP contribution in [0.4, 0.5) is 0 Å². The minimum absolute atomic E-state index is 0.00898. The SMILES string of the molecule is O=C(O)C1CC2CCCC2C1. The molecule has 0 amide bonds. The third-order valence-electron chi connectivity index (χ3n) is 3.34. The Morgan fingerprint density at radius 2 is 1.73 bits per heavy atom. The molecule has 0 aromatic carbocycles. The van der Waals surface area contributed by atoms with Gasteiger partial charge in [-0.1, -0.05) is 19.3 Å². The minimum atomic E-state index is -0.570.